The third kappa shape index (κ3) is 2.74. The molecular weight excluding hydrogens is 259 g/mol. The van der Waals surface area contributed by atoms with E-state index in [9.17, 15) is 9.18 Å². The molecule has 1 aliphatic heterocycles. The number of anilines is 2. The average molecular weight is 278 g/mol. The predicted octanol–water partition coefficient (Wildman–Crippen LogP) is 2.59. The normalized spacial score (nSPS) is 17.9. The second kappa shape index (κ2) is 5.11. The van der Waals surface area contributed by atoms with Gasteiger partial charge in [-0.3, -0.25) is 4.79 Å². The number of amidine groups is 1. The quantitative estimate of drug-likeness (QED) is 0.728. The van der Waals surface area contributed by atoms with Gasteiger partial charge in [-0.1, -0.05) is 6.92 Å². The first-order valence-corrected chi connectivity index (χ1v) is 6.56. The van der Waals surface area contributed by atoms with E-state index >= 15 is 0 Å². The predicted molar refractivity (Wildman–Crippen MR) is 78.3 cm³/mol. The van der Waals surface area contributed by atoms with Crippen molar-refractivity contribution in [1.82, 2.24) is 5.43 Å². The van der Waals surface area contributed by atoms with Gasteiger partial charge in [0.25, 0.3) is 0 Å². The summed E-state index contributed by atoms with van der Waals surface area (Å²) < 4.78 is 13.4. The minimum atomic E-state index is -0.533. The highest BCUT2D eigenvalue weighted by molar-refractivity contribution is 6.09. The Kier molecular flexibility index (Phi) is 3.65. The summed E-state index contributed by atoms with van der Waals surface area (Å²) in [6.45, 7) is 7.38. The van der Waals surface area contributed by atoms with Gasteiger partial charge in [0.05, 0.1) is 16.9 Å². The smallest absolute Gasteiger partial charge is 0.239 e. The fraction of sp³-hybridized carbons (Fsp3) is 0.429. The van der Waals surface area contributed by atoms with Gasteiger partial charge in [0.2, 0.25) is 5.91 Å². The highest BCUT2D eigenvalue weighted by Gasteiger charge is 2.32. The molecule has 6 heteroatoms. The lowest BCUT2D eigenvalue weighted by molar-refractivity contribution is -0.120. The number of halogens is 1. The van der Waals surface area contributed by atoms with Gasteiger partial charge >= 0.3 is 0 Å². The summed E-state index contributed by atoms with van der Waals surface area (Å²) in [5, 5.41) is 10.5. The van der Waals surface area contributed by atoms with Crippen LogP contribution in [0.25, 0.3) is 0 Å². The largest absolute Gasteiger partial charge is 0.371 e. The molecular formula is C14H19FN4O. The van der Waals surface area contributed by atoms with Crippen molar-refractivity contribution in [2.24, 2.45) is 5.10 Å². The zero-order valence-electron chi connectivity index (χ0n) is 12.1. The summed E-state index contributed by atoms with van der Waals surface area (Å²) in [5.41, 5.74) is 4.20. The zero-order valence-corrected chi connectivity index (χ0v) is 12.1. The lowest BCUT2D eigenvalue weighted by Crippen LogP contribution is -2.49. The number of fused-ring (bicyclic) bond motifs is 1. The number of amides is 1. The average Bonchev–Trinajstić information content (AvgIpc) is 2.34. The van der Waals surface area contributed by atoms with E-state index in [1.807, 2.05) is 20.8 Å². The maximum atomic E-state index is 13.4. The maximum Gasteiger partial charge on any atom is 0.239 e. The van der Waals surface area contributed by atoms with Gasteiger partial charge in [0.15, 0.2) is 5.84 Å². The Balaban J connectivity index is 2.36. The summed E-state index contributed by atoms with van der Waals surface area (Å²) in [5.74, 6) is 0.143. The molecule has 0 saturated heterocycles. The Hall–Kier alpha value is -2.11. The fourth-order valence-corrected chi connectivity index (χ4v) is 2.04. The second-order valence-electron chi connectivity index (χ2n) is 5.37. The number of hydrogen-bond acceptors (Lipinski definition) is 3. The van der Waals surface area contributed by atoms with Crippen molar-refractivity contribution in [3.8, 4) is 0 Å². The van der Waals surface area contributed by atoms with Crippen LogP contribution in [-0.2, 0) is 4.79 Å². The number of carbonyl (C=O) groups excluding carboxylic acids is 1. The SMILES string of the molecule is CCC(=O)N/N=C1/Nc2c(C)cc(F)cc2NC1(C)C. The third-order valence-corrected chi connectivity index (χ3v) is 3.20. The van der Waals surface area contributed by atoms with Crippen LogP contribution in [0.3, 0.4) is 0 Å². The molecule has 2 rings (SSSR count). The van der Waals surface area contributed by atoms with Crippen LogP contribution >= 0.6 is 0 Å². The molecule has 0 radical (unpaired) electrons. The first kappa shape index (κ1) is 14.3. The minimum absolute atomic E-state index is 0.156. The Morgan fingerprint density at radius 1 is 1.45 bits per heavy atom. The first-order chi connectivity index (χ1) is 9.33. The van der Waals surface area contributed by atoms with E-state index in [0.29, 0.717) is 17.9 Å². The molecule has 0 unspecified atom stereocenters. The van der Waals surface area contributed by atoms with Gasteiger partial charge in [-0.05, 0) is 38.5 Å². The Bertz CT molecular complexity index is 581. The number of hydrogen-bond donors (Lipinski definition) is 3. The molecule has 0 fully saturated rings. The molecule has 0 saturated carbocycles. The summed E-state index contributed by atoms with van der Waals surface area (Å²) in [6.07, 6.45) is 0.367. The lowest BCUT2D eigenvalue weighted by Gasteiger charge is -2.36. The molecule has 108 valence electrons. The molecule has 5 nitrogen and oxygen atoms in total. The van der Waals surface area contributed by atoms with E-state index in [1.54, 1.807) is 6.92 Å². The first-order valence-electron chi connectivity index (χ1n) is 6.56. The van der Waals surface area contributed by atoms with Gasteiger partial charge in [-0.2, -0.15) is 5.10 Å². The molecule has 3 N–H and O–H groups in total. The van der Waals surface area contributed by atoms with E-state index in [2.05, 4.69) is 21.2 Å². The minimum Gasteiger partial charge on any atom is -0.371 e. The van der Waals surface area contributed by atoms with Crippen LogP contribution < -0.4 is 16.1 Å². The highest BCUT2D eigenvalue weighted by Crippen LogP contribution is 2.34. The van der Waals surface area contributed by atoms with Crippen LogP contribution in [0.1, 0.15) is 32.8 Å². The summed E-state index contributed by atoms with van der Waals surface area (Å²) in [4.78, 5) is 11.3. The molecule has 0 aromatic heterocycles. The van der Waals surface area contributed by atoms with Gasteiger partial charge < -0.3 is 10.6 Å². The van der Waals surface area contributed by atoms with Crippen molar-refractivity contribution in [2.75, 3.05) is 10.6 Å². The van der Waals surface area contributed by atoms with E-state index in [1.165, 1.54) is 12.1 Å². The van der Waals surface area contributed by atoms with Crippen molar-refractivity contribution in [2.45, 2.75) is 39.7 Å². The molecule has 1 aromatic rings. The molecule has 0 bridgehead atoms. The molecule has 20 heavy (non-hydrogen) atoms. The number of hydrazone groups is 1. The summed E-state index contributed by atoms with van der Waals surface area (Å²) >= 11 is 0. The third-order valence-electron chi connectivity index (χ3n) is 3.20. The number of nitrogens with zero attached hydrogens (tertiary/aromatic N) is 1. The fourth-order valence-electron chi connectivity index (χ4n) is 2.04. The van der Waals surface area contributed by atoms with Crippen molar-refractivity contribution >= 4 is 23.1 Å². The standard InChI is InChI=1S/C14H19FN4O/c1-5-11(20)18-19-13-14(3,4)17-10-7-9(15)6-8(2)12(10)16-13/h6-7,17H,5H2,1-4H3,(H,16,19)(H,18,20). The number of benzene rings is 1. The van der Waals surface area contributed by atoms with Crippen LogP contribution in [0.15, 0.2) is 17.2 Å². The Labute approximate surface area is 117 Å². The van der Waals surface area contributed by atoms with Crippen molar-refractivity contribution in [3.63, 3.8) is 0 Å². The van der Waals surface area contributed by atoms with Gasteiger partial charge in [-0.15, -0.1) is 0 Å². The molecule has 1 aliphatic rings. The monoisotopic (exact) mass is 278 g/mol. The van der Waals surface area contributed by atoms with Crippen LogP contribution in [0.5, 0.6) is 0 Å². The summed E-state index contributed by atoms with van der Waals surface area (Å²) in [7, 11) is 0. The van der Waals surface area contributed by atoms with E-state index in [4.69, 9.17) is 0 Å². The van der Waals surface area contributed by atoms with E-state index in [0.717, 1.165) is 11.3 Å². The number of aryl methyl sites for hydroxylation is 1. The molecule has 1 aromatic carbocycles. The highest BCUT2D eigenvalue weighted by atomic mass is 19.1. The van der Waals surface area contributed by atoms with Gasteiger partial charge in [0, 0.05) is 6.42 Å². The lowest BCUT2D eigenvalue weighted by atomic mass is 9.98. The van der Waals surface area contributed by atoms with Crippen LogP contribution in [0.4, 0.5) is 15.8 Å². The second-order valence-corrected chi connectivity index (χ2v) is 5.37. The van der Waals surface area contributed by atoms with Gasteiger partial charge in [0.1, 0.15) is 5.82 Å². The topological polar surface area (TPSA) is 65.5 Å². The zero-order chi connectivity index (χ0) is 14.9. The summed E-state index contributed by atoms with van der Waals surface area (Å²) in [6, 6.07) is 2.90. The molecule has 0 aliphatic carbocycles. The molecule has 0 spiro atoms. The van der Waals surface area contributed by atoms with Crippen LogP contribution in [0, 0.1) is 12.7 Å². The number of rotatable bonds is 2. The van der Waals surface area contributed by atoms with Gasteiger partial charge in [-0.25, -0.2) is 9.82 Å². The van der Waals surface area contributed by atoms with Crippen LogP contribution in [-0.4, -0.2) is 17.3 Å². The maximum absolute atomic E-state index is 13.4. The van der Waals surface area contributed by atoms with Crippen molar-refractivity contribution in [3.05, 3.63) is 23.5 Å². The van der Waals surface area contributed by atoms with E-state index in [-0.39, 0.29) is 11.7 Å². The Morgan fingerprint density at radius 2 is 2.15 bits per heavy atom. The molecule has 1 amide bonds. The van der Waals surface area contributed by atoms with E-state index < -0.39 is 5.54 Å². The number of carbonyl (C=O) groups is 1. The van der Waals surface area contributed by atoms with Crippen molar-refractivity contribution < 1.29 is 9.18 Å². The number of nitrogens with one attached hydrogen (secondary N) is 3. The molecule has 0 atom stereocenters. The van der Waals surface area contributed by atoms with Crippen LogP contribution in [0.2, 0.25) is 0 Å². The molecule has 1 heterocycles. The van der Waals surface area contributed by atoms with Crippen molar-refractivity contribution in [1.29, 1.82) is 0 Å². The Morgan fingerprint density at radius 3 is 2.80 bits per heavy atom.